The fourth-order valence-electron chi connectivity index (χ4n) is 2.12. The third kappa shape index (κ3) is 2.36. The van der Waals surface area contributed by atoms with Gasteiger partial charge in [0.1, 0.15) is 12.3 Å². The lowest BCUT2D eigenvalue weighted by Crippen LogP contribution is -2.52. The minimum Gasteiger partial charge on any atom is -0.377 e. The van der Waals surface area contributed by atoms with Gasteiger partial charge in [-0.15, -0.1) is 0 Å². The summed E-state index contributed by atoms with van der Waals surface area (Å²) < 4.78 is 5.27. The molecule has 1 amide bonds. The second-order valence-corrected chi connectivity index (χ2v) is 4.35. The van der Waals surface area contributed by atoms with Crippen molar-refractivity contribution < 1.29 is 14.3 Å². The van der Waals surface area contributed by atoms with Crippen molar-refractivity contribution in [3.8, 4) is 0 Å². The monoisotopic (exact) mass is 248 g/mol. The molecule has 1 aliphatic heterocycles. The fourth-order valence-corrected chi connectivity index (χ4v) is 2.12. The number of anilines is 1. The number of carbonyl (C=O) groups is 2. The first-order chi connectivity index (χ1) is 8.63. The van der Waals surface area contributed by atoms with Crippen LogP contribution >= 0.6 is 0 Å². The van der Waals surface area contributed by atoms with E-state index in [9.17, 15) is 9.59 Å². The van der Waals surface area contributed by atoms with Gasteiger partial charge in [0, 0.05) is 17.8 Å². The van der Waals surface area contributed by atoms with Crippen LogP contribution in [0.15, 0.2) is 18.2 Å². The first-order valence-electron chi connectivity index (χ1n) is 5.83. The Labute approximate surface area is 106 Å². The van der Waals surface area contributed by atoms with Gasteiger partial charge in [0.2, 0.25) is 5.91 Å². The van der Waals surface area contributed by atoms with E-state index in [0.717, 1.165) is 17.5 Å². The predicted molar refractivity (Wildman–Crippen MR) is 67.7 cm³/mol. The van der Waals surface area contributed by atoms with Gasteiger partial charge in [0.05, 0.1) is 13.2 Å². The number of rotatable bonds is 3. The second kappa shape index (κ2) is 5.18. The molecule has 0 bridgehead atoms. The molecular formula is C13H16N2O3. The molecule has 0 radical (unpaired) electrons. The van der Waals surface area contributed by atoms with Gasteiger partial charge in [0.15, 0.2) is 0 Å². The summed E-state index contributed by atoms with van der Waals surface area (Å²) in [5.74, 6) is -0.396. The zero-order valence-corrected chi connectivity index (χ0v) is 10.3. The smallest absolute Gasteiger partial charge is 0.242 e. The van der Waals surface area contributed by atoms with Crippen LogP contribution in [-0.2, 0) is 9.53 Å². The number of aryl methyl sites for hydroxylation is 1. The Bertz CT molecular complexity index is 473. The molecule has 2 N–H and O–H groups in total. The van der Waals surface area contributed by atoms with Crippen molar-refractivity contribution >= 4 is 17.9 Å². The zero-order valence-electron chi connectivity index (χ0n) is 10.3. The standard InChI is InChI=1S/C13H16N2O3/c1-9-6-11(3-2-10(9)7-16)15-4-5-18-8-12(15)13(14)17/h2-3,6-7,12H,4-5,8H2,1H3,(H2,14,17). The summed E-state index contributed by atoms with van der Waals surface area (Å²) >= 11 is 0. The highest BCUT2D eigenvalue weighted by Gasteiger charge is 2.27. The molecule has 0 saturated carbocycles. The van der Waals surface area contributed by atoms with Crippen LogP contribution in [0.1, 0.15) is 15.9 Å². The van der Waals surface area contributed by atoms with Gasteiger partial charge in [-0.3, -0.25) is 9.59 Å². The maximum Gasteiger partial charge on any atom is 0.242 e. The predicted octanol–water partition coefficient (Wildman–Crippen LogP) is 0.498. The van der Waals surface area contributed by atoms with Gasteiger partial charge in [-0.25, -0.2) is 0 Å². The molecule has 0 aromatic heterocycles. The topological polar surface area (TPSA) is 72.6 Å². The number of nitrogens with two attached hydrogens (primary N) is 1. The number of primary amides is 1. The number of ether oxygens (including phenoxy) is 1. The van der Waals surface area contributed by atoms with Crippen molar-refractivity contribution in [2.45, 2.75) is 13.0 Å². The van der Waals surface area contributed by atoms with Crippen molar-refractivity contribution in [3.05, 3.63) is 29.3 Å². The number of nitrogens with zero attached hydrogens (tertiary/aromatic N) is 1. The first-order valence-corrected chi connectivity index (χ1v) is 5.83. The highest BCUT2D eigenvalue weighted by atomic mass is 16.5. The number of hydrogen-bond acceptors (Lipinski definition) is 4. The molecule has 96 valence electrons. The van der Waals surface area contributed by atoms with E-state index < -0.39 is 11.9 Å². The molecule has 18 heavy (non-hydrogen) atoms. The molecule has 1 fully saturated rings. The van der Waals surface area contributed by atoms with E-state index in [2.05, 4.69) is 0 Å². The van der Waals surface area contributed by atoms with Gasteiger partial charge in [0.25, 0.3) is 0 Å². The van der Waals surface area contributed by atoms with Crippen LogP contribution in [0, 0.1) is 6.92 Å². The quantitative estimate of drug-likeness (QED) is 0.790. The number of carbonyl (C=O) groups excluding carboxylic acids is 2. The summed E-state index contributed by atoms with van der Waals surface area (Å²) in [4.78, 5) is 24.1. The average Bonchev–Trinajstić information content (AvgIpc) is 2.38. The van der Waals surface area contributed by atoms with Crippen LogP contribution in [0.25, 0.3) is 0 Å². The summed E-state index contributed by atoms with van der Waals surface area (Å²) in [5.41, 5.74) is 7.81. The SMILES string of the molecule is Cc1cc(N2CCOCC2C(N)=O)ccc1C=O. The Kier molecular flexibility index (Phi) is 3.62. The number of benzene rings is 1. The van der Waals surface area contributed by atoms with Crippen molar-refractivity contribution in [1.82, 2.24) is 0 Å². The first kappa shape index (κ1) is 12.6. The van der Waals surface area contributed by atoms with Crippen LogP contribution < -0.4 is 10.6 Å². The highest BCUT2D eigenvalue weighted by molar-refractivity contribution is 5.85. The molecule has 0 spiro atoms. The summed E-state index contributed by atoms with van der Waals surface area (Å²) in [6.45, 7) is 3.36. The third-order valence-corrected chi connectivity index (χ3v) is 3.17. The zero-order chi connectivity index (χ0) is 13.1. The average molecular weight is 248 g/mol. The molecule has 1 aromatic rings. The summed E-state index contributed by atoms with van der Waals surface area (Å²) in [6.07, 6.45) is 0.823. The normalized spacial score (nSPS) is 19.6. The number of aldehydes is 1. The fraction of sp³-hybridized carbons (Fsp3) is 0.385. The van der Waals surface area contributed by atoms with E-state index in [1.54, 1.807) is 6.07 Å². The van der Waals surface area contributed by atoms with Gasteiger partial charge in [-0.2, -0.15) is 0 Å². The van der Waals surface area contributed by atoms with E-state index >= 15 is 0 Å². The summed E-state index contributed by atoms with van der Waals surface area (Å²) in [5, 5.41) is 0. The second-order valence-electron chi connectivity index (χ2n) is 4.35. The maximum absolute atomic E-state index is 11.4. The van der Waals surface area contributed by atoms with Crippen LogP contribution in [0.3, 0.4) is 0 Å². The van der Waals surface area contributed by atoms with Crippen molar-refractivity contribution in [2.24, 2.45) is 5.73 Å². The van der Waals surface area contributed by atoms with Crippen molar-refractivity contribution in [1.29, 1.82) is 0 Å². The van der Waals surface area contributed by atoms with Crippen molar-refractivity contribution in [3.63, 3.8) is 0 Å². The van der Waals surface area contributed by atoms with E-state index in [4.69, 9.17) is 10.5 Å². The van der Waals surface area contributed by atoms with Gasteiger partial charge in [-0.1, -0.05) is 0 Å². The van der Waals surface area contributed by atoms with Gasteiger partial charge in [-0.05, 0) is 30.7 Å². The minimum atomic E-state index is -0.444. The molecule has 1 atom stereocenters. The van der Waals surface area contributed by atoms with Crippen LogP contribution in [0.5, 0.6) is 0 Å². The number of amides is 1. The van der Waals surface area contributed by atoms with Crippen LogP contribution in [0.4, 0.5) is 5.69 Å². The molecule has 1 unspecified atom stereocenters. The Morgan fingerprint density at radius 1 is 1.56 bits per heavy atom. The molecule has 2 rings (SSSR count). The van der Waals surface area contributed by atoms with Crippen LogP contribution in [-0.4, -0.2) is 38.0 Å². The molecule has 0 aliphatic carbocycles. The Morgan fingerprint density at radius 3 is 2.94 bits per heavy atom. The third-order valence-electron chi connectivity index (χ3n) is 3.17. The summed E-state index contributed by atoms with van der Waals surface area (Å²) in [7, 11) is 0. The molecular weight excluding hydrogens is 232 g/mol. The Balaban J connectivity index is 2.31. The van der Waals surface area contributed by atoms with E-state index in [1.807, 2.05) is 24.0 Å². The van der Waals surface area contributed by atoms with Crippen LogP contribution in [0.2, 0.25) is 0 Å². The lowest BCUT2D eigenvalue weighted by molar-refractivity contribution is -0.121. The number of hydrogen-bond donors (Lipinski definition) is 1. The molecule has 1 heterocycles. The molecule has 5 nitrogen and oxygen atoms in total. The molecule has 1 aromatic carbocycles. The Hall–Kier alpha value is -1.88. The largest absolute Gasteiger partial charge is 0.377 e. The molecule has 5 heteroatoms. The lowest BCUT2D eigenvalue weighted by Gasteiger charge is -2.35. The highest BCUT2D eigenvalue weighted by Crippen LogP contribution is 2.22. The van der Waals surface area contributed by atoms with E-state index in [-0.39, 0.29) is 0 Å². The van der Waals surface area contributed by atoms with E-state index in [0.29, 0.717) is 25.3 Å². The van der Waals surface area contributed by atoms with E-state index in [1.165, 1.54) is 0 Å². The molecule has 1 aliphatic rings. The van der Waals surface area contributed by atoms with Gasteiger partial charge >= 0.3 is 0 Å². The Morgan fingerprint density at radius 2 is 2.33 bits per heavy atom. The maximum atomic E-state index is 11.4. The number of morpholine rings is 1. The molecule has 1 saturated heterocycles. The minimum absolute atomic E-state index is 0.309. The van der Waals surface area contributed by atoms with Gasteiger partial charge < -0.3 is 15.4 Å². The van der Waals surface area contributed by atoms with Crippen molar-refractivity contribution in [2.75, 3.05) is 24.7 Å². The summed E-state index contributed by atoms with van der Waals surface area (Å²) in [6, 6.07) is 5.04. The lowest BCUT2D eigenvalue weighted by atomic mass is 10.1.